The molecule has 0 radical (unpaired) electrons. The molecule has 0 atom stereocenters. The van der Waals surface area contributed by atoms with Gasteiger partial charge in [-0.2, -0.15) is 0 Å². The van der Waals surface area contributed by atoms with Crippen molar-refractivity contribution in [2.45, 2.75) is 27.2 Å². The van der Waals surface area contributed by atoms with Crippen LogP contribution in [0.15, 0.2) is 36.5 Å². The number of ether oxygens (including phenoxy) is 1. The van der Waals surface area contributed by atoms with Gasteiger partial charge in [0.2, 0.25) is 5.91 Å². The first-order valence-electron chi connectivity index (χ1n) is 7.56. The maximum absolute atomic E-state index is 11.7. The lowest BCUT2D eigenvalue weighted by molar-refractivity contribution is -0.124. The Morgan fingerprint density at radius 1 is 1.17 bits per heavy atom. The van der Waals surface area contributed by atoms with Crippen molar-refractivity contribution in [3.05, 3.63) is 42.1 Å². The van der Waals surface area contributed by atoms with E-state index in [0.29, 0.717) is 23.9 Å². The van der Waals surface area contributed by atoms with Gasteiger partial charge in [-0.15, -0.1) is 0 Å². The molecule has 2 amide bonds. The molecule has 0 aliphatic rings. The Bertz CT molecular complexity index is 556. The van der Waals surface area contributed by atoms with Crippen LogP contribution < -0.4 is 20.9 Å². The molecule has 0 aliphatic heterocycles. The number of hydrogen-bond acceptors (Lipinski definition) is 4. The van der Waals surface area contributed by atoms with Crippen LogP contribution in [0.25, 0.3) is 0 Å². The van der Waals surface area contributed by atoms with Gasteiger partial charge >= 0.3 is 0 Å². The standard InChI is InChI=1S/C17H25N3O3/c1-12(2)10-18-16(21)9-14(4)19-20-17(22)11-23-15-8-6-5-7-13(15)3/h5-8,12,19H,4,9-11H2,1-3H3,(H,18,21)(H,20,22). The maximum atomic E-state index is 11.7. The summed E-state index contributed by atoms with van der Waals surface area (Å²) in [6.45, 7) is 10.1. The number of benzene rings is 1. The van der Waals surface area contributed by atoms with Gasteiger partial charge < -0.3 is 15.5 Å². The van der Waals surface area contributed by atoms with Gasteiger partial charge in [0.25, 0.3) is 5.91 Å². The Morgan fingerprint density at radius 3 is 2.52 bits per heavy atom. The van der Waals surface area contributed by atoms with Crippen molar-refractivity contribution >= 4 is 11.8 Å². The third-order valence-electron chi connectivity index (χ3n) is 2.91. The Balaban J connectivity index is 2.24. The number of hydrogen-bond donors (Lipinski definition) is 3. The summed E-state index contributed by atoms with van der Waals surface area (Å²) in [5.74, 6) is 0.562. The van der Waals surface area contributed by atoms with E-state index in [2.05, 4.69) is 22.7 Å². The van der Waals surface area contributed by atoms with Crippen LogP contribution in [0, 0.1) is 12.8 Å². The molecule has 1 aromatic rings. The molecular formula is C17H25N3O3. The normalized spacial score (nSPS) is 10.1. The summed E-state index contributed by atoms with van der Waals surface area (Å²) >= 11 is 0. The van der Waals surface area contributed by atoms with Gasteiger partial charge in [0.05, 0.1) is 6.42 Å². The minimum Gasteiger partial charge on any atom is -0.483 e. The first kappa shape index (κ1) is 18.5. The molecule has 0 saturated carbocycles. The Morgan fingerprint density at radius 2 is 1.87 bits per heavy atom. The molecule has 0 aliphatic carbocycles. The fraction of sp³-hybridized carbons (Fsp3) is 0.412. The summed E-state index contributed by atoms with van der Waals surface area (Å²) in [7, 11) is 0. The van der Waals surface area contributed by atoms with Crippen molar-refractivity contribution in [2.24, 2.45) is 5.92 Å². The zero-order valence-corrected chi connectivity index (χ0v) is 13.9. The molecule has 0 unspecified atom stereocenters. The summed E-state index contributed by atoms with van der Waals surface area (Å²) in [5.41, 5.74) is 6.44. The molecule has 0 fully saturated rings. The lowest BCUT2D eigenvalue weighted by Gasteiger charge is -2.13. The monoisotopic (exact) mass is 319 g/mol. The highest BCUT2D eigenvalue weighted by molar-refractivity contribution is 5.79. The number of carbonyl (C=O) groups is 2. The van der Waals surface area contributed by atoms with Gasteiger partial charge in [0, 0.05) is 12.2 Å². The molecule has 3 N–H and O–H groups in total. The van der Waals surface area contributed by atoms with E-state index in [-0.39, 0.29) is 24.8 Å². The smallest absolute Gasteiger partial charge is 0.276 e. The Kier molecular flexibility index (Phi) is 7.66. The summed E-state index contributed by atoms with van der Waals surface area (Å²) < 4.78 is 5.42. The second kappa shape index (κ2) is 9.50. The first-order chi connectivity index (χ1) is 10.9. The summed E-state index contributed by atoms with van der Waals surface area (Å²) in [6.07, 6.45) is 0.103. The van der Waals surface area contributed by atoms with Crippen molar-refractivity contribution < 1.29 is 14.3 Å². The number of para-hydroxylation sites is 1. The number of amides is 2. The van der Waals surface area contributed by atoms with Gasteiger partial charge in [-0.25, -0.2) is 0 Å². The highest BCUT2D eigenvalue weighted by Crippen LogP contribution is 2.15. The molecule has 0 aromatic heterocycles. The van der Waals surface area contributed by atoms with Gasteiger partial charge in [-0.3, -0.25) is 15.0 Å². The SMILES string of the molecule is C=C(CC(=O)NCC(C)C)NNC(=O)COc1ccccc1C. The molecule has 0 spiro atoms. The van der Waals surface area contributed by atoms with E-state index in [1.165, 1.54) is 0 Å². The van der Waals surface area contributed by atoms with Crippen molar-refractivity contribution in [1.82, 2.24) is 16.2 Å². The van der Waals surface area contributed by atoms with Gasteiger partial charge in [0.15, 0.2) is 6.61 Å². The van der Waals surface area contributed by atoms with E-state index in [4.69, 9.17) is 4.74 Å². The average Bonchev–Trinajstić information content (AvgIpc) is 2.50. The van der Waals surface area contributed by atoms with Crippen molar-refractivity contribution in [1.29, 1.82) is 0 Å². The van der Waals surface area contributed by atoms with Crippen LogP contribution in [-0.4, -0.2) is 25.0 Å². The first-order valence-corrected chi connectivity index (χ1v) is 7.56. The average molecular weight is 319 g/mol. The van der Waals surface area contributed by atoms with E-state index in [0.717, 1.165) is 5.56 Å². The zero-order valence-electron chi connectivity index (χ0n) is 13.9. The van der Waals surface area contributed by atoms with Crippen molar-refractivity contribution in [2.75, 3.05) is 13.2 Å². The predicted molar refractivity (Wildman–Crippen MR) is 89.6 cm³/mol. The van der Waals surface area contributed by atoms with Gasteiger partial charge in [0.1, 0.15) is 5.75 Å². The number of hydrazine groups is 1. The molecule has 6 nitrogen and oxygen atoms in total. The molecule has 126 valence electrons. The second-order valence-corrected chi connectivity index (χ2v) is 5.71. The van der Waals surface area contributed by atoms with Crippen LogP contribution in [0.2, 0.25) is 0 Å². The minimum absolute atomic E-state index is 0.103. The van der Waals surface area contributed by atoms with Crippen LogP contribution >= 0.6 is 0 Å². The Labute approximate surface area is 137 Å². The fourth-order valence-electron chi connectivity index (χ4n) is 1.67. The predicted octanol–water partition coefficient (Wildman–Crippen LogP) is 1.67. The second-order valence-electron chi connectivity index (χ2n) is 5.71. The van der Waals surface area contributed by atoms with E-state index in [9.17, 15) is 9.59 Å². The molecule has 1 rings (SSSR count). The lowest BCUT2D eigenvalue weighted by Crippen LogP contribution is -2.40. The highest BCUT2D eigenvalue weighted by atomic mass is 16.5. The summed E-state index contributed by atoms with van der Waals surface area (Å²) in [5, 5.41) is 2.78. The van der Waals surface area contributed by atoms with Crippen LogP contribution in [0.5, 0.6) is 5.75 Å². The zero-order chi connectivity index (χ0) is 17.2. The topological polar surface area (TPSA) is 79.5 Å². The molecule has 0 bridgehead atoms. The Hall–Kier alpha value is -2.50. The van der Waals surface area contributed by atoms with E-state index >= 15 is 0 Å². The molecule has 6 heteroatoms. The summed E-state index contributed by atoms with van der Waals surface area (Å²) in [6, 6.07) is 7.45. The minimum atomic E-state index is -0.350. The number of rotatable bonds is 9. The quantitative estimate of drug-likeness (QED) is 0.605. The van der Waals surface area contributed by atoms with E-state index in [1.807, 2.05) is 39.0 Å². The number of aryl methyl sites for hydroxylation is 1. The van der Waals surface area contributed by atoms with Crippen LogP contribution in [-0.2, 0) is 9.59 Å². The lowest BCUT2D eigenvalue weighted by atomic mass is 10.2. The van der Waals surface area contributed by atoms with Gasteiger partial charge in [-0.05, 0) is 24.5 Å². The number of carbonyl (C=O) groups excluding carboxylic acids is 2. The molecule has 0 heterocycles. The van der Waals surface area contributed by atoms with Crippen molar-refractivity contribution in [3.8, 4) is 5.75 Å². The largest absolute Gasteiger partial charge is 0.483 e. The third-order valence-corrected chi connectivity index (χ3v) is 2.91. The molecule has 23 heavy (non-hydrogen) atoms. The molecular weight excluding hydrogens is 294 g/mol. The van der Waals surface area contributed by atoms with E-state index in [1.54, 1.807) is 6.07 Å². The number of nitrogens with one attached hydrogen (secondary N) is 3. The molecule has 0 saturated heterocycles. The molecule has 1 aromatic carbocycles. The van der Waals surface area contributed by atoms with Crippen LogP contribution in [0.4, 0.5) is 0 Å². The van der Waals surface area contributed by atoms with Crippen LogP contribution in [0.3, 0.4) is 0 Å². The third kappa shape index (κ3) is 7.90. The van der Waals surface area contributed by atoms with Crippen molar-refractivity contribution in [3.63, 3.8) is 0 Å². The maximum Gasteiger partial charge on any atom is 0.276 e. The summed E-state index contributed by atoms with van der Waals surface area (Å²) in [4.78, 5) is 23.3. The van der Waals surface area contributed by atoms with E-state index < -0.39 is 0 Å². The van der Waals surface area contributed by atoms with Gasteiger partial charge in [-0.1, -0.05) is 38.6 Å². The fourth-order valence-corrected chi connectivity index (χ4v) is 1.67. The highest BCUT2D eigenvalue weighted by Gasteiger charge is 2.07. The van der Waals surface area contributed by atoms with Crippen LogP contribution in [0.1, 0.15) is 25.8 Å².